The minimum atomic E-state index is -0.333. The van der Waals surface area contributed by atoms with Crippen LogP contribution in [0.15, 0.2) is 29.6 Å². The van der Waals surface area contributed by atoms with Gasteiger partial charge in [-0.05, 0) is 36.6 Å². The van der Waals surface area contributed by atoms with Crippen molar-refractivity contribution in [2.24, 2.45) is 0 Å². The summed E-state index contributed by atoms with van der Waals surface area (Å²) in [6.45, 7) is 1.97. The summed E-state index contributed by atoms with van der Waals surface area (Å²) >= 11 is 3.06. The molecule has 7 nitrogen and oxygen atoms in total. The lowest BCUT2D eigenvalue weighted by Crippen LogP contribution is -2.48. The van der Waals surface area contributed by atoms with E-state index in [1.165, 1.54) is 21.8 Å². The fraction of sp³-hybridized carbons (Fsp3) is 0.350. The molecular weight excluding hydrogens is 406 g/mol. The molecule has 0 aliphatic carbocycles. The van der Waals surface area contributed by atoms with Crippen LogP contribution in [-0.2, 0) is 16.8 Å². The lowest BCUT2D eigenvalue weighted by atomic mass is 9.82. The molecule has 5 heterocycles. The molecule has 1 fully saturated rings. The van der Waals surface area contributed by atoms with Crippen LogP contribution in [0.4, 0.5) is 10.9 Å². The number of ether oxygens (including phenoxy) is 1. The van der Waals surface area contributed by atoms with Gasteiger partial charge < -0.3 is 21.1 Å². The second kappa shape index (κ2) is 7.08. The largest absolute Gasteiger partial charge is 0.384 e. The first-order valence-electron chi connectivity index (χ1n) is 9.54. The number of amides is 1. The van der Waals surface area contributed by atoms with E-state index < -0.39 is 0 Å². The maximum atomic E-state index is 12.7. The van der Waals surface area contributed by atoms with Gasteiger partial charge in [-0.3, -0.25) is 4.79 Å². The van der Waals surface area contributed by atoms with E-state index in [4.69, 9.17) is 16.2 Å². The summed E-state index contributed by atoms with van der Waals surface area (Å²) in [5, 5.41) is 2.14. The van der Waals surface area contributed by atoms with Crippen LogP contribution in [-0.4, -0.2) is 40.5 Å². The number of aromatic nitrogens is 2. The fourth-order valence-electron chi connectivity index (χ4n) is 4.16. The fourth-order valence-corrected chi connectivity index (χ4v) is 5.90. The maximum Gasteiger partial charge on any atom is 0.273 e. The number of carbonyl (C=O) groups is 1. The highest BCUT2D eigenvalue weighted by molar-refractivity contribution is 7.15. The molecule has 0 radical (unpaired) electrons. The second-order valence-electron chi connectivity index (χ2n) is 7.35. The average molecular weight is 428 g/mol. The Hall–Kier alpha value is -2.49. The number of anilines is 2. The maximum absolute atomic E-state index is 12.7. The average Bonchev–Trinajstić information content (AvgIpc) is 3.36. The van der Waals surface area contributed by atoms with E-state index in [1.807, 2.05) is 17.0 Å². The van der Waals surface area contributed by atoms with Crippen LogP contribution in [0.3, 0.4) is 0 Å². The number of hydrogen-bond acceptors (Lipinski definition) is 8. The van der Waals surface area contributed by atoms with Gasteiger partial charge in [-0.15, -0.1) is 22.7 Å². The number of fused-ring (bicyclic) bond motifs is 2. The zero-order chi connectivity index (χ0) is 20.0. The molecule has 0 unspecified atom stereocenters. The van der Waals surface area contributed by atoms with E-state index in [0.29, 0.717) is 36.3 Å². The Morgan fingerprint density at radius 3 is 2.76 bits per heavy atom. The third kappa shape index (κ3) is 3.29. The van der Waals surface area contributed by atoms with Crippen molar-refractivity contribution < 1.29 is 9.53 Å². The molecule has 1 amide bonds. The highest BCUT2D eigenvalue weighted by Gasteiger charge is 2.43. The van der Waals surface area contributed by atoms with Crippen LogP contribution < -0.4 is 11.5 Å². The predicted molar refractivity (Wildman–Crippen MR) is 115 cm³/mol. The van der Waals surface area contributed by atoms with Gasteiger partial charge in [0.1, 0.15) is 11.5 Å². The van der Waals surface area contributed by atoms with Gasteiger partial charge in [0.2, 0.25) is 0 Å². The molecule has 2 aliphatic heterocycles. The number of thiazole rings is 1. The zero-order valence-electron chi connectivity index (χ0n) is 15.8. The molecule has 0 saturated carbocycles. The summed E-state index contributed by atoms with van der Waals surface area (Å²) in [7, 11) is 0. The van der Waals surface area contributed by atoms with Gasteiger partial charge in [-0.1, -0.05) is 6.07 Å². The van der Waals surface area contributed by atoms with Gasteiger partial charge in [0.25, 0.3) is 5.91 Å². The van der Waals surface area contributed by atoms with Gasteiger partial charge in [-0.2, -0.15) is 0 Å². The van der Waals surface area contributed by atoms with Crippen LogP contribution in [0.2, 0.25) is 0 Å². The summed E-state index contributed by atoms with van der Waals surface area (Å²) < 4.78 is 6.33. The summed E-state index contributed by atoms with van der Waals surface area (Å²) in [5.74, 6) is 0.466. The molecule has 150 valence electrons. The Balaban J connectivity index is 1.39. The number of nitrogens with zero attached hydrogens (tertiary/aromatic N) is 3. The summed E-state index contributed by atoms with van der Waals surface area (Å²) in [4.78, 5) is 25.6. The first-order chi connectivity index (χ1) is 14.0. The third-order valence-corrected chi connectivity index (χ3v) is 7.52. The van der Waals surface area contributed by atoms with Crippen molar-refractivity contribution in [1.82, 2.24) is 14.9 Å². The monoisotopic (exact) mass is 427 g/mol. The Morgan fingerprint density at radius 2 is 2.03 bits per heavy atom. The second-order valence-corrected chi connectivity index (χ2v) is 9.38. The molecule has 0 bridgehead atoms. The molecule has 1 spiro atoms. The number of likely N-dealkylation sites (tertiary alicyclic amines) is 1. The highest BCUT2D eigenvalue weighted by atomic mass is 32.1. The molecular formula is C20H21N5O2S2. The van der Waals surface area contributed by atoms with Gasteiger partial charge in [0.15, 0.2) is 5.13 Å². The molecule has 29 heavy (non-hydrogen) atoms. The van der Waals surface area contributed by atoms with E-state index in [0.717, 1.165) is 29.8 Å². The SMILES string of the molecule is Nc1cccc(-c2cc3c(s2)CCOC32CCN(C(=O)c3csc(N)n3)CC2)n1. The standard InChI is InChI=1S/C20H21N5O2S2/c21-17-3-1-2-13(23-17)16-10-12-15(29-16)4-9-27-20(12)5-7-25(8-6-20)18(26)14-11-28-19(22)24-14/h1-3,10-11H,4-9H2,(H2,21,23)(H2,22,24). The predicted octanol–water partition coefficient (Wildman–Crippen LogP) is 3.14. The molecule has 0 atom stereocenters. The summed E-state index contributed by atoms with van der Waals surface area (Å²) in [5.41, 5.74) is 13.8. The molecule has 3 aromatic heterocycles. The molecule has 0 aromatic carbocycles. The number of nitrogen functional groups attached to an aromatic ring is 2. The number of thiophene rings is 1. The summed E-state index contributed by atoms with van der Waals surface area (Å²) in [6, 6.07) is 7.92. The summed E-state index contributed by atoms with van der Waals surface area (Å²) in [6.07, 6.45) is 2.45. The lowest BCUT2D eigenvalue weighted by Gasteiger charge is -2.43. The molecule has 9 heteroatoms. The number of carbonyl (C=O) groups excluding carboxylic acids is 1. The number of hydrogen-bond donors (Lipinski definition) is 2. The van der Waals surface area contributed by atoms with E-state index in [1.54, 1.807) is 22.8 Å². The van der Waals surface area contributed by atoms with Crippen LogP contribution in [0.1, 0.15) is 33.8 Å². The number of nitrogens with two attached hydrogens (primary N) is 2. The van der Waals surface area contributed by atoms with Crippen molar-refractivity contribution >= 4 is 39.5 Å². The van der Waals surface area contributed by atoms with Crippen molar-refractivity contribution in [3.63, 3.8) is 0 Å². The number of piperidine rings is 1. The van der Waals surface area contributed by atoms with Crippen LogP contribution >= 0.6 is 22.7 Å². The van der Waals surface area contributed by atoms with Crippen molar-refractivity contribution in [2.45, 2.75) is 24.9 Å². The van der Waals surface area contributed by atoms with Crippen molar-refractivity contribution in [3.8, 4) is 10.6 Å². The van der Waals surface area contributed by atoms with E-state index in [-0.39, 0.29) is 11.5 Å². The Labute approximate surface area is 176 Å². The van der Waals surface area contributed by atoms with E-state index in [9.17, 15) is 4.79 Å². The van der Waals surface area contributed by atoms with Gasteiger partial charge >= 0.3 is 0 Å². The normalized spacial score (nSPS) is 18.0. The minimum Gasteiger partial charge on any atom is -0.384 e. The molecule has 2 aliphatic rings. The highest BCUT2D eigenvalue weighted by Crippen LogP contribution is 2.46. The van der Waals surface area contributed by atoms with Crippen molar-refractivity contribution in [2.75, 3.05) is 31.2 Å². The number of rotatable bonds is 2. The smallest absolute Gasteiger partial charge is 0.273 e. The minimum absolute atomic E-state index is 0.0567. The van der Waals surface area contributed by atoms with Crippen LogP contribution in [0.25, 0.3) is 10.6 Å². The topological polar surface area (TPSA) is 107 Å². The van der Waals surface area contributed by atoms with Gasteiger partial charge in [0.05, 0.1) is 22.8 Å². The van der Waals surface area contributed by atoms with E-state index in [2.05, 4.69) is 16.0 Å². The molecule has 3 aromatic rings. The zero-order valence-corrected chi connectivity index (χ0v) is 17.4. The first-order valence-corrected chi connectivity index (χ1v) is 11.2. The Kier molecular flexibility index (Phi) is 4.53. The Bertz CT molecular complexity index is 1070. The van der Waals surface area contributed by atoms with E-state index >= 15 is 0 Å². The lowest BCUT2D eigenvalue weighted by molar-refractivity contribution is -0.0926. The molecule has 1 saturated heterocycles. The van der Waals surface area contributed by atoms with Crippen LogP contribution in [0, 0.1) is 0 Å². The van der Waals surface area contributed by atoms with Crippen LogP contribution in [0.5, 0.6) is 0 Å². The third-order valence-electron chi connectivity index (χ3n) is 5.63. The number of pyridine rings is 1. The van der Waals surface area contributed by atoms with Crippen molar-refractivity contribution in [1.29, 1.82) is 0 Å². The van der Waals surface area contributed by atoms with Gasteiger partial charge in [-0.25, -0.2) is 9.97 Å². The molecule has 5 rings (SSSR count). The van der Waals surface area contributed by atoms with Gasteiger partial charge in [0, 0.05) is 29.8 Å². The quantitative estimate of drug-likeness (QED) is 0.651. The molecule has 4 N–H and O–H groups in total. The Morgan fingerprint density at radius 1 is 1.21 bits per heavy atom. The first kappa shape index (κ1) is 18.5. The van der Waals surface area contributed by atoms with Crippen molar-refractivity contribution in [3.05, 3.63) is 45.8 Å².